The number of pyridine rings is 1. The third-order valence-electron chi connectivity index (χ3n) is 8.22. The molecule has 1 aromatic carbocycles. The number of nitrogens with zero attached hydrogens (tertiary/aromatic N) is 6. The fourth-order valence-electron chi connectivity index (χ4n) is 6.02. The van der Waals surface area contributed by atoms with Gasteiger partial charge in [-0.1, -0.05) is 24.2 Å². The molecular formula is C29H31ClF4N6O2. The highest BCUT2D eigenvalue weighted by Gasteiger charge is 2.39. The number of halogens is 5. The van der Waals surface area contributed by atoms with E-state index in [4.69, 9.17) is 21.3 Å². The van der Waals surface area contributed by atoms with Crippen molar-refractivity contribution in [2.24, 2.45) is 0 Å². The van der Waals surface area contributed by atoms with Crippen LogP contribution in [0, 0.1) is 11.3 Å². The van der Waals surface area contributed by atoms with E-state index in [1.165, 1.54) is 23.1 Å². The van der Waals surface area contributed by atoms with E-state index in [-0.39, 0.29) is 54.4 Å². The molecule has 2 aromatic rings. The Hall–Kier alpha value is -3.56. The van der Waals surface area contributed by atoms with Gasteiger partial charge in [0.15, 0.2) is 5.83 Å². The first kappa shape index (κ1) is 29.9. The quantitative estimate of drug-likeness (QED) is 0.346. The van der Waals surface area contributed by atoms with Gasteiger partial charge in [0.25, 0.3) is 5.91 Å². The van der Waals surface area contributed by atoms with E-state index >= 15 is 0 Å². The van der Waals surface area contributed by atoms with Gasteiger partial charge in [-0.3, -0.25) is 4.79 Å². The summed E-state index contributed by atoms with van der Waals surface area (Å²) in [6.45, 7) is 5.72. The van der Waals surface area contributed by atoms with Crippen LogP contribution in [-0.2, 0) is 23.9 Å². The van der Waals surface area contributed by atoms with Gasteiger partial charge in [0.05, 0.1) is 34.2 Å². The first-order valence-corrected chi connectivity index (χ1v) is 14.2. The molecule has 1 atom stereocenters. The molecule has 0 saturated carbocycles. The number of benzene rings is 1. The first-order valence-electron chi connectivity index (χ1n) is 13.8. The normalized spacial score (nSPS) is 19.5. The summed E-state index contributed by atoms with van der Waals surface area (Å²) >= 11 is 6.01. The molecule has 3 aliphatic rings. The molecule has 3 aliphatic heterocycles. The van der Waals surface area contributed by atoms with Crippen LogP contribution in [0.5, 0.6) is 5.88 Å². The van der Waals surface area contributed by atoms with Crippen LogP contribution in [0.15, 0.2) is 30.6 Å². The number of aromatic nitrogens is 1. The summed E-state index contributed by atoms with van der Waals surface area (Å²) < 4.78 is 61.6. The van der Waals surface area contributed by atoms with Gasteiger partial charge in [-0.05, 0) is 45.0 Å². The topological polar surface area (TPSA) is 75.9 Å². The third-order valence-corrected chi connectivity index (χ3v) is 8.54. The maximum absolute atomic E-state index is 14.0. The van der Waals surface area contributed by atoms with Crippen molar-refractivity contribution in [3.8, 4) is 11.9 Å². The van der Waals surface area contributed by atoms with Crippen molar-refractivity contribution >= 4 is 28.9 Å². The fraction of sp³-hybridized carbons (Fsp3) is 0.483. The van der Waals surface area contributed by atoms with Gasteiger partial charge in [0.1, 0.15) is 18.2 Å². The maximum Gasteiger partial charge on any atom is 0.419 e. The molecule has 1 amide bonds. The van der Waals surface area contributed by atoms with E-state index in [1.807, 2.05) is 11.9 Å². The van der Waals surface area contributed by atoms with Crippen LogP contribution in [0.4, 0.5) is 28.9 Å². The Morgan fingerprint density at radius 2 is 1.93 bits per heavy atom. The van der Waals surface area contributed by atoms with Crippen LogP contribution in [0.2, 0.25) is 5.02 Å². The minimum absolute atomic E-state index is 0.0398. The van der Waals surface area contributed by atoms with Crippen LogP contribution in [0.25, 0.3) is 0 Å². The van der Waals surface area contributed by atoms with E-state index in [2.05, 4.69) is 17.5 Å². The lowest BCUT2D eigenvalue weighted by molar-refractivity contribution is -0.137. The number of amides is 1. The molecule has 0 aliphatic carbocycles. The van der Waals surface area contributed by atoms with Gasteiger partial charge < -0.3 is 24.3 Å². The van der Waals surface area contributed by atoms with Gasteiger partial charge >= 0.3 is 6.18 Å². The van der Waals surface area contributed by atoms with Crippen molar-refractivity contribution in [2.75, 3.05) is 62.7 Å². The smallest absolute Gasteiger partial charge is 0.419 e. The summed E-state index contributed by atoms with van der Waals surface area (Å²) in [4.78, 5) is 23.9. The number of hydrogen-bond donors (Lipinski definition) is 0. The zero-order valence-corrected chi connectivity index (χ0v) is 23.9. The SMILES string of the molecule is C=C(F)C(=O)N1CCN(c2c(C#N)c(OC[C@H]3CCCN3C)nc3c2CCN(c2cccc(Cl)c2C(F)(F)F)C3)CC1. The highest BCUT2D eigenvalue weighted by Crippen LogP contribution is 2.44. The maximum atomic E-state index is 14.0. The summed E-state index contributed by atoms with van der Waals surface area (Å²) in [5, 5.41) is 9.91. The zero-order valence-electron chi connectivity index (χ0n) is 23.2. The van der Waals surface area contributed by atoms with Crippen molar-refractivity contribution < 1.29 is 27.1 Å². The molecule has 0 N–H and O–H groups in total. The lowest BCUT2D eigenvalue weighted by atomic mass is 9.97. The summed E-state index contributed by atoms with van der Waals surface area (Å²) in [6.07, 6.45) is -2.36. The second kappa shape index (κ2) is 12.0. The Morgan fingerprint density at radius 3 is 2.55 bits per heavy atom. The largest absolute Gasteiger partial charge is 0.475 e. The minimum atomic E-state index is -4.65. The fourth-order valence-corrected chi connectivity index (χ4v) is 6.30. The number of carbonyl (C=O) groups is 1. The Kier molecular flexibility index (Phi) is 8.53. The van der Waals surface area contributed by atoms with Crippen molar-refractivity contribution in [2.45, 2.75) is 38.0 Å². The number of alkyl halides is 3. The molecule has 13 heteroatoms. The predicted molar refractivity (Wildman–Crippen MR) is 150 cm³/mol. The lowest BCUT2D eigenvalue weighted by Gasteiger charge is -2.39. The summed E-state index contributed by atoms with van der Waals surface area (Å²) in [7, 11) is 2.01. The second-order valence-corrected chi connectivity index (χ2v) is 11.2. The molecule has 5 rings (SSSR count). The number of rotatable bonds is 6. The molecular weight excluding hydrogens is 576 g/mol. The number of anilines is 2. The van der Waals surface area contributed by atoms with Crippen LogP contribution >= 0.6 is 11.6 Å². The number of carbonyl (C=O) groups excluding carboxylic acids is 1. The zero-order chi connectivity index (χ0) is 30.2. The Bertz CT molecular complexity index is 1420. The molecule has 4 heterocycles. The molecule has 2 saturated heterocycles. The van der Waals surface area contributed by atoms with Gasteiger partial charge in [0, 0.05) is 44.3 Å². The number of likely N-dealkylation sites (tertiary alicyclic amines) is 1. The van der Waals surface area contributed by atoms with Crippen molar-refractivity contribution in [1.82, 2.24) is 14.8 Å². The molecule has 42 heavy (non-hydrogen) atoms. The van der Waals surface area contributed by atoms with Gasteiger partial charge in [-0.25, -0.2) is 9.37 Å². The third kappa shape index (κ3) is 5.85. The Morgan fingerprint density at radius 1 is 1.19 bits per heavy atom. The Labute approximate surface area is 246 Å². The number of hydrogen-bond acceptors (Lipinski definition) is 7. The number of piperazine rings is 1. The number of nitriles is 1. The lowest BCUT2D eigenvalue weighted by Crippen LogP contribution is -2.49. The van der Waals surface area contributed by atoms with Crippen LogP contribution in [0.1, 0.15) is 35.2 Å². The highest BCUT2D eigenvalue weighted by molar-refractivity contribution is 6.31. The number of ether oxygens (including phenoxy) is 1. The monoisotopic (exact) mass is 606 g/mol. The number of likely N-dealkylation sites (N-methyl/N-ethyl adjacent to an activating group) is 1. The average Bonchev–Trinajstić information content (AvgIpc) is 3.38. The van der Waals surface area contributed by atoms with Gasteiger partial charge in [0.2, 0.25) is 5.88 Å². The van der Waals surface area contributed by atoms with E-state index in [9.17, 15) is 27.6 Å². The van der Waals surface area contributed by atoms with Crippen LogP contribution in [-0.4, -0.2) is 79.7 Å². The molecule has 2 fully saturated rings. The predicted octanol–water partition coefficient (Wildman–Crippen LogP) is 4.79. The first-order chi connectivity index (χ1) is 20.0. The summed E-state index contributed by atoms with van der Waals surface area (Å²) in [5.74, 6) is -1.67. The standard InChI is InChI=1S/C29H31ClF4N6O2/c1-18(31)28(41)39-13-11-38(12-14-39)26-20-8-10-40(24-7-3-6-22(30)25(24)29(32,33)34)16-23(20)36-27(21(26)15-35)42-17-19-5-4-9-37(19)2/h3,6-7,19H,1,4-5,8-14,16-17H2,2H3/t19-/m1/s1. The van der Waals surface area contributed by atoms with E-state index in [1.54, 1.807) is 4.90 Å². The number of fused-ring (bicyclic) bond motifs is 1. The average molecular weight is 607 g/mol. The molecule has 1 aromatic heterocycles. The molecule has 224 valence electrons. The van der Waals surface area contributed by atoms with Gasteiger partial charge in [-0.2, -0.15) is 18.4 Å². The molecule has 8 nitrogen and oxygen atoms in total. The van der Waals surface area contributed by atoms with Crippen molar-refractivity contribution in [3.63, 3.8) is 0 Å². The van der Waals surface area contributed by atoms with E-state index in [0.717, 1.165) is 24.9 Å². The van der Waals surface area contributed by atoms with E-state index < -0.39 is 23.5 Å². The molecule has 0 spiro atoms. The van der Waals surface area contributed by atoms with Crippen LogP contribution < -0.4 is 14.5 Å². The van der Waals surface area contributed by atoms with Crippen molar-refractivity contribution in [1.29, 1.82) is 5.26 Å². The van der Waals surface area contributed by atoms with Gasteiger partial charge in [-0.15, -0.1) is 0 Å². The Balaban J connectivity index is 1.52. The molecule has 0 unspecified atom stereocenters. The molecule has 0 radical (unpaired) electrons. The van der Waals surface area contributed by atoms with Crippen LogP contribution in [0.3, 0.4) is 0 Å². The minimum Gasteiger partial charge on any atom is -0.475 e. The second-order valence-electron chi connectivity index (χ2n) is 10.8. The molecule has 0 bridgehead atoms. The summed E-state index contributed by atoms with van der Waals surface area (Å²) in [6, 6.07) is 6.50. The highest BCUT2D eigenvalue weighted by atomic mass is 35.5. The van der Waals surface area contributed by atoms with E-state index in [0.29, 0.717) is 37.5 Å². The summed E-state index contributed by atoms with van der Waals surface area (Å²) in [5.41, 5.74) is 1.16. The van der Waals surface area contributed by atoms with Crippen molar-refractivity contribution in [3.05, 3.63) is 58.0 Å².